The molecule has 1 amide bonds. The molecule has 0 spiro atoms. The fourth-order valence-electron chi connectivity index (χ4n) is 3.03. The zero-order valence-corrected chi connectivity index (χ0v) is 10.6. The van der Waals surface area contributed by atoms with Crippen LogP contribution in [-0.2, 0) is 4.79 Å². The third-order valence-electron chi connectivity index (χ3n) is 4.34. The second-order valence-electron chi connectivity index (χ2n) is 5.79. The first kappa shape index (κ1) is 12.6. The van der Waals surface area contributed by atoms with Crippen LogP contribution in [0.1, 0.15) is 45.4 Å². The third-order valence-corrected chi connectivity index (χ3v) is 4.34. The van der Waals surface area contributed by atoms with E-state index < -0.39 is 0 Å². The molecule has 2 N–H and O–H groups in total. The smallest absolute Gasteiger partial charge is 0.220 e. The molecule has 3 heteroatoms. The fraction of sp³-hybridized carbons (Fsp3) is 0.786. The zero-order valence-electron chi connectivity index (χ0n) is 10.6. The summed E-state index contributed by atoms with van der Waals surface area (Å²) in [5.41, 5.74) is -0.110. The highest BCUT2D eigenvalue weighted by Crippen LogP contribution is 2.37. The highest BCUT2D eigenvalue weighted by molar-refractivity contribution is 5.77. The summed E-state index contributed by atoms with van der Waals surface area (Å²) in [7, 11) is 0. The van der Waals surface area contributed by atoms with E-state index in [2.05, 4.69) is 24.4 Å². The molecule has 2 rings (SSSR count). The Hall–Kier alpha value is -0.830. The van der Waals surface area contributed by atoms with Gasteiger partial charge in [-0.1, -0.05) is 25.5 Å². The van der Waals surface area contributed by atoms with Gasteiger partial charge in [0.15, 0.2) is 0 Å². The van der Waals surface area contributed by atoms with E-state index in [0.29, 0.717) is 12.3 Å². The van der Waals surface area contributed by atoms with Gasteiger partial charge in [0.1, 0.15) is 0 Å². The van der Waals surface area contributed by atoms with Gasteiger partial charge in [-0.3, -0.25) is 4.79 Å². The molecule has 0 aromatic heterocycles. The number of allylic oxidation sites excluding steroid dienone is 2. The lowest BCUT2D eigenvalue weighted by atomic mass is 9.85. The van der Waals surface area contributed by atoms with Crippen LogP contribution in [-0.4, -0.2) is 23.7 Å². The van der Waals surface area contributed by atoms with Crippen LogP contribution in [0.15, 0.2) is 12.2 Å². The summed E-state index contributed by atoms with van der Waals surface area (Å²) >= 11 is 0. The number of rotatable bonds is 4. The van der Waals surface area contributed by atoms with Crippen molar-refractivity contribution in [3.05, 3.63) is 12.2 Å². The van der Waals surface area contributed by atoms with E-state index in [4.69, 9.17) is 0 Å². The first-order chi connectivity index (χ1) is 8.14. The molecule has 17 heavy (non-hydrogen) atoms. The molecule has 0 aromatic rings. The van der Waals surface area contributed by atoms with Crippen LogP contribution in [0.5, 0.6) is 0 Å². The van der Waals surface area contributed by atoms with Gasteiger partial charge in [0.25, 0.3) is 0 Å². The van der Waals surface area contributed by atoms with Crippen molar-refractivity contribution in [3.63, 3.8) is 0 Å². The van der Waals surface area contributed by atoms with Gasteiger partial charge in [-0.2, -0.15) is 0 Å². The molecule has 3 atom stereocenters. The molecular formula is C14H23NO2. The number of hydrogen-bond acceptors (Lipinski definition) is 2. The fourth-order valence-corrected chi connectivity index (χ4v) is 3.03. The number of amides is 1. The molecule has 0 heterocycles. The standard InChI is InChI=1S/C14H23NO2/c1-14(10-16)8-4-7-12(14)15-13(17)9-11-5-2-3-6-11/h2,5,11-12,16H,3-4,6-10H2,1H3,(H,15,17). The van der Waals surface area contributed by atoms with Crippen molar-refractivity contribution in [2.75, 3.05) is 6.61 Å². The van der Waals surface area contributed by atoms with E-state index in [0.717, 1.165) is 32.1 Å². The van der Waals surface area contributed by atoms with Crippen LogP contribution in [0.2, 0.25) is 0 Å². The molecule has 0 radical (unpaired) electrons. The maximum absolute atomic E-state index is 11.9. The minimum absolute atomic E-state index is 0.110. The molecule has 3 nitrogen and oxygen atoms in total. The van der Waals surface area contributed by atoms with Gasteiger partial charge >= 0.3 is 0 Å². The minimum Gasteiger partial charge on any atom is -0.396 e. The SMILES string of the molecule is CC1(CO)CCCC1NC(=O)CC1C=CCC1. The Morgan fingerprint density at radius 1 is 1.53 bits per heavy atom. The normalized spacial score (nSPS) is 36.4. The summed E-state index contributed by atoms with van der Waals surface area (Å²) in [6.07, 6.45) is 10.2. The third kappa shape index (κ3) is 2.89. The van der Waals surface area contributed by atoms with Gasteiger partial charge in [-0.15, -0.1) is 0 Å². The average molecular weight is 237 g/mol. The molecule has 0 bridgehead atoms. The Morgan fingerprint density at radius 2 is 2.35 bits per heavy atom. The lowest BCUT2D eigenvalue weighted by Crippen LogP contribution is -2.45. The van der Waals surface area contributed by atoms with Crippen LogP contribution in [0.3, 0.4) is 0 Å². The largest absolute Gasteiger partial charge is 0.396 e. The Morgan fingerprint density at radius 3 is 3.00 bits per heavy atom. The van der Waals surface area contributed by atoms with E-state index >= 15 is 0 Å². The quantitative estimate of drug-likeness (QED) is 0.735. The van der Waals surface area contributed by atoms with Gasteiger partial charge in [-0.05, 0) is 31.6 Å². The number of aliphatic hydroxyl groups excluding tert-OH is 1. The van der Waals surface area contributed by atoms with Crippen molar-refractivity contribution < 1.29 is 9.90 Å². The lowest BCUT2D eigenvalue weighted by molar-refractivity contribution is -0.123. The van der Waals surface area contributed by atoms with Crippen molar-refractivity contribution in [3.8, 4) is 0 Å². The number of aliphatic hydroxyl groups is 1. The summed E-state index contributed by atoms with van der Waals surface area (Å²) in [5.74, 6) is 0.574. The topological polar surface area (TPSA) is 49.3 Å². The summed E-state index contributed by atoms with van der Waals surface area (Å²) in [4.78, 5) is 11.9. The zero-order chi connectivity index (χ0) is 12.3. The molecule has 0 saturated heterocycles. The summed E-state index contributed by atoms with van der Waals surface area (Å²) in [5, 5.41) is 12.5. The Bertz CT molecular complexity index is 313. The van der Waals surface area contributed by atoms with E-state index in [9.17, 15) is 9.90 Å². The number of carbonyl (C=O) groups is 1. The Balaban J connectivity index is 1.83. The van der Waals surface area contributed by atoms with Gasteiger partial charge in [0, 0.05) is 17.9 Å². The predicted molar refractivity (Wildman–Crippen MR) is 67.5 cm³/mol. The highest BCUT2D eigenvalue weighted by Gasteiger charge is 2.39. The molecule has 0 aromatic carbocycles. The van der Waals surface area contributed by atoms with Crippen molar-refractivity contribution >= 4 is 5.91 Å². The van der Waals surface area contributed by atoms with Crippen LogP contribution in [0.25, 0.3) is 0 Å². The van der Waals surface area contributed by atoms with Gasteiger partial charge in [-0.25, -0.2) is 0 Å². The van der Waals surface area contributed by atoms with E-state index in [1.165, 1.54) is 0 Å². The van der Waals surface area contributed by atoms with E-state index in [-0.39, 0.29) is 24.0 Å². The molecule has 1 saturated carbocycles. The van der Waals surface area contributed by atoms with E-state index in [1.54, 1.807) is 0 Å². The maximum atomic E-state index is 11.9. The van der Waals surface area contributed by atoms with Crippen molar-refractivity contribution in [1.82, 2.24) is 5.32 Å². The monoisotopic (exact) mass is 237 g/mol. The summed E-state index contributed by atoms with van der Waals surface area (Å²) in [6, 6.07) is 0.158. The molecule has 2 aliphatic rings. The first-order valence-electron chi connectivity index (χ1n) is 6.71. The molecular weight excluding hydrogens is 214 g/mol. The Labute approximate surface area is 103 Å². The minimum atomic E-state index is -0.110. The predicted octanol–water partition coefficient (Wildman–Crippen LogP) is 2.01. The molecule has 0 aliphatic heterocycles. The Kier molecular flexibility index (Phi) is 3.87. The maximum Gasteiger partial charge on any atom is 0.220 e. The van der Waals surface area contributed by atoms with Gasteiger partial charge in [0.2, 0.25) is 5.91 Å². The lowest BCUT2D eigenvalue weighted by Gasteiger charge is -2.30. The summed E-state index contributed by atoms with van der Waals surface area (Å²) in [6.45, 7) is 2.24. The molecule has 1 fully saturated rings. The molecule has 96 valence electrons. The second-order valence-corrected chi connectivity index (χ2v) is 5.79. The van der Waals surface area contributed by atoms with Gasteiger partial charge in [0.05, 0.1) is 6.61 Å². The van der Waals surface area contributed by atoms with Crippen LogP contribution in [0, 0.1) is 11.3 Å². The van der Waals surface area contributed by atoms with E-state index in [1.807, 2.05) is 0 Å². The van der Waals surface area contributed by atoms with Crippen LogP contribution in [0.4, 0.5) is 0 Å². The number of carbonyl (C=O) groups excluding carboxylic acids is 1. The number of nitrogens with one attached hydrogen (secondary N) is 1. The first-order valence-corrected chi connectivity index (χ1v) is 6.71. The van der Waals surface area contributed by atoms with Crippen LogP contribution >= 0.6 is 0 Å². The average Bonchev–Trinajstić information content (AvgIpc) is 2.91. The molecule has 2 aliphatic carbocycles. The van der Waals surface area contributed by atoms with Crippen molar-refractivity contribution in [1.29, 1.82) is 0 Å². The van der Waals surface area contributed by atoms with Crippen LogP contribution < -0.4 is 5.32 Å². The van der Waals surface area contributed by atoms with Crippen molar-refractivity contribution in [2.24, 2.45) is 11.3 Å². The van der Waals surface area contributed by atoms with Crippen molar-refractivity contribution in [2.45, 2.75) is 51.5 Å². The van der Waals surface area contributed by atoms with Gasteiger partial charge < -0.3 is 10.4 Å². The second kappa shape index (κ2) is 5.21. The summed E-state index contributed by atoms with van der Waals surface area (Å²) < 4.78 is 0. The highest BCUT2D eigenvalue weighted by atomic mass is 16.3. The molecule has 3 unspecified atom stereocenters. The number of hydrogen-bond donors (Lipinski definition) is 2.